The summed E-state index contributed by atoms with van der Waals surface area (Å²) < 4.78 is 15.9. The van der Waals surface area contributed by atoms with Gasteiger partial charge in [-0.2, -0.15) is 0 Å². The Morgan fingerprint density at radius 3 is 2.32 bits per heavy atom. The Balaban J connectivity index is 1.86. The number of rotatable bonds is 9. The predicted octanol–water partition coefficient (Wildman–Crippen LogP) is 3.01. The Bertz CT molecular complexity index is 486. The van der Waals surface area contributed by atoms with Crippen molar-refractivity contribution in [3.8, 4) is 0 Å². The lowest BCUT2D eigenvalue weighted by Gasteiger charge is -2.21. The number of carbonyl (C=O) groups excluding carboxylic acids is 1. The number of hydrogen-bond donors (Lipinski definition) is 1. The van der Waals surface area contributed by atoms with Crippen molar-refractivity contribution in [2.75, 3.05) is 19.8 Å². The molecule has 0 aliphatic rings. The summed E-state index contributed by atoms with van der Waals surface area (Å²) in [5.74, 6) is 1.46. The van der Waals surface area contributed by atoms with E-state index in [1.807, 2.05) is 19.1 Å². The van der Waals surface area contributed by atoms with E-state index >= 15 is 0 Å². The minimum atomic E-state index is -0.149. The number of nitrogens with zero attached hydrogens (tertiary/aromatic N) is 1. The lowest BCUT2D eigenvalue weighted by atomic mass is 10.3. The summed E-state index contributed by atoms with van der Waals surface area (Å²) in [5, 5.41) is 2.89. The molecule has 0 saturated carbocycles. The Morgan fingerprint density at radius 1 is 1.18 bits per heavy atom. The molecule has 2 rings (SSSR count). The van der Waals surface area contributed by atoms with Gasteiger partial charge >= 0.3 is 6.03 Å². The molecule has 0 saturated heterocycles. The highest BCUT2D eigenvalue weighted by atomic mass is 16.5. The van der Waals surface area contributed by atoms with Crippen LogP contribution in [0.4, 0.5) is 4.79 Å². The van der Waals surface area contributed by atoms with Gasteiger partial charge in [-0.1, -0.05) is 0 Å². The second-order valence-corrected chi connectivity index (χ2v) is 4.80. The molecule has 2 aromatic rings. The van der Waals surface area contributed by atoms with Gasteiger partial charge in [-0.3, -0.25) is 0 Å². The number of carbonyl (C=O) groups is 1. The highest BCUT2D eigenvalue weighted by Crippen LogP contribution is 2.11. The van der Waals surface area contributed by atoms with E-state index in [1.165, 1.54) is 0 Å². The number of ether oxygens (including phenoxy) is 1. The minimum Gasteiger partial charge on any atom is -0.467 e. The second-order valence-electron chi connectivity index (χ2n) is 4.80. The summed E-state index contributed by atoms with van der Waals surface area (Å²) in [7, 11) is 0. The van der Waals surface area contributed by atoms with E-state index in [4.69, 9.17) is 13.6 Å². The quantitative estimate of drug-likeness (QED) is 0.723. The van der Waals surface area contributed by atoms with Crippen LogP contribution in [0.25, 0.3) is 0 Å². The van der Waals surface area contributed by atoms with Crippen LogP contribution in [0, 0.1) is 0 Å². The molecule has 0 aliphatic heterocycles. The van der Waals surface area contributed by atoms with Crippen LogP contribution in [0.5, 0.6) is 0 Å². The van der Waals surface area contributed by atoms with Gasteiger partial charge in [-0.25, -0.2) is 4.79 Å². The highest BCUT2D eigenvalue weighted by molar-refractivity contribution is 5.74. The number of nitrogens with one attached hydrogen (secondary N) is 1. The van der Waals surface area contributed by atoms with E-state index in [0.717, 1.165) is 17.9 Å². The van der Waals surface area contributed by atoms with E-state index in [9.17, 15) is 4.79 Å². The molecule has 0 radical (unpaired) electrons. The molecule has 2 amide bonds. The van der Waals surface area contributed by atoms with Gasteiger partial charge in [0.2, 0.25) is 0 Å². The lowest BCUT2D eigenvalue weighted by molar-refractivity contribution is 0.143. The third-order valence-electron chi connectivity index (χ3n) is 3.09. The first-order valence-electron chi connectivity index (χ1n) is 7.45. The smallest absolute Gasteiger partial charge is 0.318 e. The van der Waals surface area contributed by atoms with Crippen LogP contribution in [0.15, 0.2) is 45.6 Å². The van der Waals surface area contributed by atoms with Gasteiger partial charge in [0, 0.05) is 19.8 Å². The standard InChI is InChI=1S/C16H22N2O4/c1-2-20-9-5-8-17-16(19)18(12-14-6-3-10-21-14)13-15-7-4-11-22-15/h3-4,6-7,10-11H,2,5,8-9,12-13H2,1H3,(H,17,19). The van der Waals surface area contributed by atoms with Crippen molar-refractivity contribution in [1.29, 1.82) is 0 Å². The third-order valence-corrected chi connectivity index (χ3v) is 3.09. The molecule has 6 nitrogen and oxygen atoms in total. The van der Waals surface area contributed by atoms with Crippen LogP contribution >= 0.6 is 0 Å². The van der Waals surface area contributed by atoms with Gasteiger partial charge in [0.05, 0.1) is 25.6 Å². The minimum absolute atomic E-state index is 0.149. The molecule has 0 spiro atoms. The van der Waals surface area contributed by atoms with Crippen LogP contribution in [0.3, 0.4) is 0 Å². The Morgan fingerprint density at radius 2 is 1.82 bits per heavy atom. The number of hydrogen-bond acceptors (Lipinski definition) is 4. The number of urea groups is 1. The lowest BCUT2D eigenvalue weighted by Crippen LogP contribution is -2.39. The molecular formula is C16H22N2O4. The van der Waals surface area contributed by atoms with Crippen molar-refractivity contribution < 1.29 is 18.4 Å². The van der Waals surface area contributed by atoms with E-state index in [2.05, 4.69) is 5.32 Å². The molecule has 6 heteroatoms. The summed E-state index contributed by atoms with van der Waals surface area (Å²) in [6, 6.07) is 7.15. The monoisotopic (exact) mass is 306 g/mol. The van der Waals surface area contributed by atoms with Gasteiger partial charge in [0.15, 0.2) is 0 Å². The zero-order chi connectivity index (χ0) is 15.6. The number of amides is 2. The van der Waals surface area contributed by atoms with Crippen LogP contribution in [0.1, 0.15) is 24.9 Å². The van der Waals surface area contributed by atoms with E-state index in [-0.39, 0.29) is 6.03 Å². The summed E-state index contributed by atoms with van der Waals surface area (Å²) in [6.07, 6.45) is 3.98. The molecule has 0 bridgehead atoms. The Labute approximate surface area is 130 Å². The van der Waals surface area contributed by atoms with Crippen molar-refractivity contribution in [2.24, 2.45) is 0 Å². The summed E-state index contributed by atoms with van der Waals surface area (Å²) in [5.41, 5.74) is 0. The molecule has 0 aliphatic carbocycles. The zero-order valence-corrected chi connectivity index (χ0v) is 12.8. The van der Waals surface area contributed by atoms with Crippen LogP contribution in [-0.4, -0.2) is 30.7 Å². The summed E-state index contributed by atoms with van der Waals surface area (Å²) in [4.78, 5) is 14.0. The maximum absolute atomic E-state index is 12.3. The molecule has 0 aromatic carbocycles. The summed E-state index contributed by atoms with van der Waals surface area (Å²) >= 11 is 0. The molecule has 0 atom stereocenters. The fourth-order valence-corrected chi connectivity index (χ4v) is 2.01. The maximum Gasteiger partial charge on any atom is 0.318 e. The Hall–Kier alpha value is -2.21. The van der Waals surface area contributed by atoms with Crippen molar-refractivity contribution in [3.63, 3.8) is 0 Å². The first-order chi connectivity index (χ1) is 10.8. The van der Waals surface area contributed by atoms with Gasteiger partial charge < -0.3 is 23.8 Å². The molecular weight excluding hydrogens is 284 g/mol. The average Bonchev–Trinajstić information content (AvgIpc) is 3.20. The predicted molar refractivity (Wildman–Crippen MR) is 81.2 cm³/mol. The molecule has 2 heterocycles. The normalized spacial score (nSPS) is 10.6. The van der Waals surface area contributed by atoms with E-state index < -0.39 is 0 Å². The largest absolute Gasteiger partial charge is 0.467 e. The molecule has 0 fully saturated rings. The van der Waals surface area contributed by atoms with Crippen LogP contribution < -0.4 is 5.32 Å². The van der Waals surface area contributed by atoms with Gasteiger partial charge in [0.1, 0.15) is 11.5 Å². The Kier molecular flexibility index (Phi) is 6.57. The SMILES string of the molecule is CCOCCCNC(=O)N(Cc1ccco1)Cc1ccco1. The molecule has 22 heavy (non-hydrogen) atoms. The van der Waals surface area contributed by atoms with Crippen molar-refractivity contribution in [2.45, 2.75) is 26.4 Å². The molecule has 1 N–H and O–H groups in total. The van der Waals surface area contributed by atoms with E-state index in [0.29, 0.717) is 32.8 Å². The van der Waals surface area contributed by atoms with Crippen molar-refractivity contribution in [3.05, 3.63) is 48.3 Å². The number of furan rings is 2. The fraction of sp³-hybridized carbons (Fsp3) is 0.438. The zero-order valence-electron chi connectivity index (χ0n) is 12.8. The van der Waals surface area contributed by atoms with E-state index in [1.54, 1.807) is 29.6 Å². The van der Waals surface area contributed by atoms with Gasteiger partial charge in [-0.05, 0) is 37.6 Å². The third kappa shape index (κ3) is 5.29. The van der Waals surface area contributed by atoms with Crippen molar-refractivity contribution in [1.82, 2.24) is 10.2 Å². The maximum atomic E-state index is 12.3. The first-order valence-corrected chi connectivity index (χ1v) is 7.45. The molecule has 120 valence electrons. The van der Waals surface area contributed by atoms with Crippen LogP contribution in [0.2, 0.25) is 0 Å². The van der Waals surface area contributed by atoms with Gasteiger partial charge in [-0.15, -0.1) is 0 Å². The second kappa shape index (κ2) is 8.94. The fourth-order valence-electron chi connectivity index (χ4n) is 2.01. The molecule has 0 unspecified atom stereocenters. The first kappa shape index (κ1) is 16.2. The average molecular weight is 306 g/mol. The topological polar surface area (TPSA) is 67.8 Å². The summed E-state index contributed by atoms with van der Waals surface area (Å²) in [6.45, 7) is 4.65. The van der Waals surface area contributed by atoms with Gasteiger partial charge in [0.25, 0.3) is 0 Å². The highest BCUT2D eigenvalue weighted by Gasteiger charge is 2.16. The van der Waals surface area contributed by atoms with Crippen LogP contribution in [-0.2, 0) is 17.8 Å². The molecule has 2 aromatic heterocycles. The van der Waals surface area contributed by atoms with Crippen molar-refractivity contribution >= 4 is 6.03 Å².